The number of carbonyl (C=O) groups is 2. The lowest BCUT2D eigenvalue weighted by molar-refractivity contribution is 0.0702. The summed E-state index contributed by atoms with van der Waals surface area (Å²) in [5, 5.41) is 9.38. The van der Waals surface area contributed by atoms with Crippen LogP contribution in [0.1, 0.15) is 42.8 Å². The fourth-order valence-electron chi connectivity index (χ4n) is 2.28. The van der Waals surface area contributed by atoms with Crippen molar-refractivity contribution in [3.8, 4) is 0 Å². The van der Waals surface area contributed by atoms with Crippen LogP contribution in [0.15, 0.2) is 6.20 Å². The Bertz CT molecular complexity index is 503. The summed E-state index contributed by atoms with van der Waals surface area (Å²) in [5.74, 6) is -1.01. The van der Waals surface area contributed by atoms with E-state index in [0.29, 0.717) is 11.7 Å². The third kappa shape index (κ3) is 2.92. The summed E-state index contributed by atoms with van der Waals surface area (Å²) in [5.41, 5.74) is 0. The first-order chi connectivity index (χ1) is 9.54. The molecule has 1 fully saturated rings. The number of aromatic nitrogens is 1. The molecule has 1 saturated heterocycles. The van der Waals surface area contributed by atoms with E-state index in [2.05, 4.69) is 11.9 Å². The number of rotatable bonds is 6. The van der Waals surface area contributed by atoms with Gasteiger partial charge < -0.3 is 10.0 Å². The highest BCUT2D eigenvalue weighted by Gasteiger charge is 2.36. The maximum absolute atomic E-state index is 12.4. The van der Waals surface area contributed by atoms with Gasteiger partial charge in [0.25, 0.3) is 0 Å². The Morgan fingerprint density at radius 2 is 2.30 bits per heavy atom. The molecule has 7 heteroatoms. The minimum absolute atomic E-state index is 0.0695. The van der Waals surface area contributed by atoms with E-state index in [-0.39, 0.29) is 17.0 Å². The number of urea groups is 1. The molecule has 0 aliphatic carbocycles. The predicted octanol–water partition coefficient (Wildman–Crippen LogP) is 2.66. The van der Waals surface area contributed by atoms with Gasteiger partial charge in [-0.2, -0.15) is 0 Å². The predicted molar refractivity (Wildman–Crippen MR) is 77.5 cm³/mol. The monoisotopic (exact) mass is 297 g/mol. The highest BCUT2D eigenvalue weighted by atomic mass is 32.1. The number of nitrogens with zero attached hydrogens (tertiary/aromatic N) is 3. The molecule has 0 bridgehead atoms. The van der Waals surface area contributed by atoms with Crippen molar-refractivity contribution < 1.29 is 14.7 Å². The smallest absolute Gasteiger partial charge is 0.347 e. The van der Waals surface area contributed by atoms with Crippen molar-refractivity contribution in [2.45, 2.75) is 39.2 Å². The second-order valence-electron chi connectivity index (χ2n) is 4.95. The topological polar surface area (TPSA) is 73.7 Å². The number of hydrogen-bond donors (Lipinski definition) is 1. The molecule has 0 spiro atoms. The quantitative estimate of drug-likeness (QED) is 0.819. The van der Waals surface area contributed by atoms with Crippen LogP contribution < -0.4 is 4.90 Å². The van der Waals surface area contributed by atoms with Gasteiger partial charge in [0.1, 0.15) is 4.88 Å². The number of thiazole rings is 1. The van der Waals surface area contributed by atoms with Crippen LogP contribution in [0.4, 0.5) is 9.93 Å². The molecule has 2 amide bonds. The largest absolute Gasteiger partial charge is 0.477 e. The Balaban J connectivity index is 2.06. The lowest BCUT2D eigenvalue weighted by atomic mass is 10.2. The minimum atomic E-state index is -1.01. The second-order valence-corrected chi connectivity index (χ2v) is 5.96. The van der Waals surface area contributed by atoms with Crippen molar-refractivity contribution >= 4 is 28.5 Å². The third-order valence-electron chi connectivity index (χ3n) is 3.39. The molecule has 0 radical (unpaired) electrons. The molecule has 1 aliphatic rings. The Morgan fingerprint density at radius 3 is 2.90 bits per heavy atom. The first kappa shape index (κ1) is 14.8. The van der Waals surface area contributed by atoms with Crippen LogP contribution in [0.3, 0.4) is 0 Å². The van der Waals surface area contributed by atoms with Crippen molar-refractivity contribution in [3.63, 3.8) is 0 Å². The molecule has 110 valence electrons. The third-order valence-corrected chi connectivity index (χ3v) is 4.40. The minimum Gasteiger partial charge on any atom is -0.477 e. The van der Waals surface area contributed by atoms with Gasteiger partial charge in [0, 0.05) is 12.6 Å². The summed E-state index contributed by atoms with van der Waals surface area (Å²) in [4.78, 5) is 30.9. The van der Waals surface area contributed by atoms with Gasteiger partial charge in [0.05, 0.1) is 12.7 Å². The van der Waals surface area contributed by atoms with E-state index in [1.165, 1.54) is 6.20 Å². The molecular weight excluding hydrogens is 278 g/mol. The van der Waals surface area contributed by atoms with Gasteiger partial charge in [-0.1, -0.05) is 31.1 Å². The summed E-state index contributed by atoms with van der Waals surface area (Å²) in [6.45, 7) is 5.46. The van der Waals surface area contributed by atoms with Gasteiger partial charge in [-0.3, -0.25) is 4.90 Å². The van der Waals surface area contributed by atoms with E-state index >= 15 is 0 Å². The van der Waals surface area contributed by atoms with Crippen LogP contribution >= 0.6 is 11.3 Å². The van der Waals surface area contributed by atoms with Gasteiger partial charge in [-0.15, -0.1) is 0 Å². The molecular formula is C13H19N3O3S. The summed E-state index contributed by atoms with van der Waals surface area (Å²) >= 11 is 1.04. The van der Waals surface area contributed by atoms with Crippen LogP contribution in [-0.2, 0) is 0 Å². The van der Waals surface area contributed by atoms with Crippen LogP contribution in [0.2, 0.25) is 0 Å². The number of carbonyl (C=O) groups excluding carboxylic acids is 1. The molecule has 2 heterocycles. The average molecular weight is 297 g/mol. The summed E-state index contributed by atoms with van der Waals surface area (Å²) in [6, 6.07) is 0.0661. The highest BCUT2D eigenvalue weighted by molar-refractivity contribution is 7.17. The molecule has 1 aromatic heterocycles. The van der Waals surface area contributed by atoms with Gasteiger partial charge in [0.15, 0.2) is 5.13 Å². The zero-order valence-corrected chi connectivity index (χ0v) is 12.5. The Kier molecular flexibility index (Phi) is 4.59. The van der Waals surface area contributed by atoms with E-state index < -0.39 is 5.97 Å². The van der Waals surface area contributed by atoms with Crippen molar-refractivity contribution in [2.75, 3.05) is 18.0 Å². The Labute approximate surface area is 122 Å². The number of carboxylic acids is 1. The van der Waals surface area contributed by atoms with Gasteiger partial charge in [-0.25, -0.2) is 14.6 Å². The summed E-state index contributed by atoms with van der Waals surface area (Å²) < 4.78 is 0. The Morgan fingerprint density at radius 1 is 1.55 bits per heavy atom. The fraction of sp³-hybridized carbons (Fsp3) is 0.615. The van der Waals surface area contributed by atoms with Crippen molar-refractivity contribution in [3.05, 3.63) is 11.1 Å². The highest BCUT2D eigenvalue weighted by Crippen LogP contribution is 2.28. The molecule has 1 N–H and O–H groups in total. The molecule has 1 atom stereocenters. The van der Waals surface area contributed by atoms with Gasteiger partial charge >= 0.3 is 12.0 Å². The first-order valence-corrected chi connectivity index (χ1v) is 7.63. The molecule has 1 unspecified atom stereocenters. The van der Waals surface area contributed by atoms with Crippen molar-refractivity contribution in [1.29, 1.82) is 0 Å². The van der Waals surface area contributed by atoms with E-state index in [9.17, 15) is 9.59 Å². The van der Waals surface area contributed by atoms with E-state index in [0.717, 1.165) is 37.1 Å². The molecule has 0 saturated carbocycles. The molecule has 1 aromatic rings. The lowest BCUT2D eigenvalue weighted by Crippen LogP contribution is -2.34. The average Bonchev–Trinajstić information content (AvgIpc) is 2.98. The number of amides is 2. The molecule has 2 rings (SSSR count). The summed E-state index contributed by atoms with van der Waals surface area (Å²) in [6.07, 6.45) is 4.53. The lowest BCUT2D eigenvalue weighted by Gasteiger charge is -2.19. The summed E-state index contributed by atoms with van der Waals surface area (Å²) in [7, 11) is 0. The number of anilines is 1. The second kappa shape index (κ2) is 6.21. The number of aromatic carboxylic acids is 1. The zero-order valence-electron chi connectivity index (χ0n) is 11.7. The van der Waals surface area contributed by atoms with Crippen molar-refractivity contribution in [2.24, 2.45) is 0 Å². The van der Waals surface area contributed by atoms with E-state index in [1.807, 2.05) is 11.8 Å². The van der Waals surface area contributed by atoms with Crippen LogP contribution in [-0.4, -0.2) is 46.1 Å². The molecule has 20 heavy (non-hydrogen) atoms. The van der Waals surface area contributed by atoms with E-state index in [4.69, 9.17) is 5.11 Å². The van der Waals surface area contributed by atoms with E-state index in [1.54, 1.807) is 4.90 Å². The standard InChI is InChI=1S/C13H19N3O3S/c1-3-4-5-6-15-9(2)8-16(13(15)19)12-14-7-10(20-12)11(17)18/h7,9H,3-6,8H2,1-2H3,(H,17,18). The maximum Gasteiger partial charge on any atom is 0.347 e. The van der Waals surface area contributed by atoms with Crippen LogP contribution in [0.5, 0.6) is 0 Å². The van der Waals surface area contributed by atoms with Crippen molar-refractivity contribution in [1.82, 2.24) is 9.88 Å². The van der Waals surface area contributed by atoms with Gasteiger partial charge in [0.2, 0.25) is 0 Å². The maximum atomic E-state index is 12.4. The molecule has 6 nitrogen and oxygen atoms in total. The zero-order chi connectivity index (χ0) is 14.7. The molecule has 0 aromatic carbocycles. The number of unbranched alkanes of at least 4 members (excludes halogenated alkanes) is 2. The SMILES string of the molecule is CCCCCN1C(=O)N(c2ncc(C(=O)O)s2)CC1C. The normalized spacial score (nSPS) is 18.9. The first-order valence-electron chi connectivity index (χ1n) is 6.81. The number of carboxylic acid groups (broad SMARTS) is 1. The molecule has 1 aliphatic heterocycles. The van der Waals surface area contributed by atoms with Crippen LogP contribution in [0.25, 0.3) is 0 Å². The van der Waals surface area contributed by atoms with Gasteiger partial charge in [-0.05, 0) is 13.3 Å². The fourth-order valence-corrected chi connectivity index (χ4v) is 3.04. The number of hydrogen-bond acceptors (Lipinski definition) is 4. The van der Waals surface area contributed by atoms with Crippen LogP contribution in [0, 0.1) is 0 Å². The Hall–Kier alpha value is -1.63.